The zero-order chi connectivity index (χ0) is 39.7. The van der Waals surface area contributed by atoms with Crippen LogP contribution >= 0.6 is 0 Å². The summed E-state index contributed by atoms with van der Waals surface area (Å²) < 4.78 is 2.46. The van der Waals surface area contributed by atoms with Gasteiger partial charge in [-0.1, -0.05) is 152 Å². The summed E-state index contributed by atoms with van der Waals surface area (Å²) in [4.78, 5) is 2.33. The van der Waals surface area contributed by atoms with Crippen molar-refractivity contribution >= 4 is 67.2 Å². The number of allylic oxidation sites excluding steroid dienone is 6. The van der Waals surface area contributed by atoms with Gasteiger partial charge in [-0.2, -0.15) is 0 Å². The van der Waals surface area contributed by atoms with E-state index in [2.05, 4.69) is 242 Å². The van der Waals surface area contributed by atoms with Crippen molar-refractivity contribution in [2.24, 2.45) is 0 Å². The van der Waals surface area contributed by atoms with Gasteiger partial charge in [0.15, 0.2) is 0 Å². The summed E-state index contributed by atoms with van der Waals surface area (Å²) in [5.41, 5.74) is 15.5. The Bertz CT molecular complexity index is 3100. The second kappa shape index (κ2) is 15.5. The number of anilines is 3. The molecule has 0 atom stereocenters. The SMILES string of the molecule is C/C=C\C(=C/C)c1cc2c3c(n(-c4ccc(-c5ccc(N(c6ccccc6)c6ccc(-c7ccc8ccccc8c7)cc6)cc5)cc4)c2c2ccccc12)C=CCC=C3. The van der Waals surface area contributed by atoms with Crippen LogP contribution in [0.5, 0.6) is 0 Å². The van der Waals surface area contributed by atoms with E-state index < -0.39 is 0 Å². The highest BCUT2D eigenvalue weighted by Gasteiger charge is 2.21. The van der Waals surface area contributed by atoms with Crippen LogP contribution < -0.4 is 4.90 Å². The molecule has 0 aliphatic heterocycles. The third-order valence-electron chi connectivity index (χ3n) is 11.7. The van der Waals surface area contributed by atoms with Crippen LogP contribution in [0.4, 0.5) is 17.1 Å². The first-order valence-corrected chi connectivity index (χ1v) is 20.6. The lowest BCUT2D eigenvalue weighted by molar-refractivity contribution is 1.11. The van der Waals surface area contributed by atoms with Crippen LogP contribution in [0.2, 0.25) is 0 Å². The van der Waals surface area contributed by atoms with Crippen molar-refractivity contribution < 1.29 is 0 Å². The lowest BCUT2D eigenvalue weighted by atomic mass is 9.94. The number of fused-ring (bicyclic) bond motifs is 6. The number of hydrogen-bond donors (Lipinski definition) is 0. The molecule has 0 spiro atoms. The summed E-state index contributed by atoms with van der Waals surface area (Å²) in [6, 6.07) is 64.1. The smallest absolute Gasteiger partial charge is 0.0619 e. The second-order valence-electron chi connectivity index (χ2n) is 15.2. The minimum Gasteiger partial charge on any atom is -0.311 e. The third-order valence-corrected chi connectivity index (χ3v) is 11.7. The summed E-state index contributed by atoms with van der Waals surface area (Å²) in [7, 11) is 0. The molecule has 2 heteroatoms. The molecule has 1 heterocycles. The van der Waals surface area contributed by atoms with Crippen molar-refractivity contribution in [2.75, 3.05) is 4.90 Å². The standard InChI is InChI=1S/C57H44N2/c1-3-15-40(4-2)54-39-55-52-21-9-6-10-23-56(52)59(57(55)53-22-14-13-20-51(53)54)50-36-28-43(29-37-50)42-26-32-48(33-27-42)58(47-18-7-5-8-19-47)49-34-30-44(31-35-49)46-25-24-41-16-11-12-17-45(41)38-46/h3-5,7-39H,6H2,1-2H3/b15-3-,40-4+. The van der Waals surface area contributed by atoms with Crippen molar-refractivity contribution in [3.05, 3.63) is 223 Å². The molecule has 0 fully saturated rings. The predicted octanol–water partition coefficient (Wildman–Crippen LogP) is 16.2. The highest BCUT2D eigenvalue weighted by molar-refractivity contribution is 6.15. The van der Waals surface area contributed by atoms with Gasteiger partial charge in [-0.15, -0.1) is 0 Å². The number of nitrogens with zero attached hydrogens (tertiary/aromatic N) is 2. The molecule has 59 heavy (non-hydrogen) atoms. The Hall–Kier alpha value is -7.42. The van der Waals surface area contributed by atoms with Gasteiger partial charge in [0.2, 0.25) is 0 Å². The Morgan fingerprint density at radius 3 is 1.78 bits per heavy atom. The zero-order valence-electron chi connectivity index (χ0n) is 33.4. The van der Waals surface area contributed by atoms with Crippen LogP contribution in [0.25, 0.3) is 78.1 Å². The van der Waals surface area contributed by atoms with Gasteiger partial charge >= 0.3 is 0 Å². The van der Waals surface area contributed by atoms with E-state index in [1.807, 2.05) is 0 Å². The van der Waals surface area contributed by atoms with Gasteiger partial charge in [0.05, 0.1) is 11.2 Å². The molecule has 0 unspecified atom stereocenters. The summed E-state index contributed by atoms with van der Waals surface area (Å²) in [5, 5.41) is 6.29. The van der Waals surface area contributed by atoms with Crippen LogP contribution in [-0.4, -0.2) is 4.57 Å². The number of para-hydroxylation sites is 1. The molecule has 9 aromatic rings. The number of rotatable bonds is 8. The van der Waals surface area contributed by atoms with Crippen LogP contribution in [0.3, 0.4) is 0 Å². The van der Waals surface area contributed by atoms with E-state index >= 15 is 0 Å². The fourth-order valence-corrected chi connectivity index (χ4v) is 8.80. The largest absolute Gasteiger partial charge is 0.311 e. The van der Waals surface area contributed by atoms with Crippen molar-refractivity contribution in [3.63, 3.8) is 0 Å². The molecular weight excluding hydrogens is 713 g/mol. The lowest BCUT2D eigenvalue weighted by Gasteiger charge is -2.26. The highest BCUT2D eigenvalue weighted by Crippen LogP contribution is 2.42. The summed E-state index contributed by atoms with van der Waals surface area (Å²) in [6.07, 6.45) is 16.6. The number of aromatic nitrogens is 1. The fourth-order valence-electron chi connectivity index (χ4n) is 8.80. The topological polar surface area (TPSA) is 8.17 Å². The Morgan fingerprint density at radius 2 is 1.08 bits per heavy atom. The zero-order valence-corrected chi connectivity index (χ0v) is 33.4. The number of hydrogen-bond acceptors (Lipinski definition) is 1. The molecule has 2 nitrogen and oxygen atoms in total. The first kappa shape index (κ1) is 36.0. The lowest BCUT2D eigenvalue weighted by Crippen LogP contribution is -2.09. The third kappa shape index (κ3) is 6.59. The van der Waals surface area contributed by atoms with Gasteiger partial charge in [-0.3, -0.25) is 0 Å². The Morgan fingerprint density at radius 1 is 0.508 bits per heavy atom. The molecule has 1 aliphatic rings. The van der Waals surface area contributed by atoms with Gasteiger partial charge in [-0.05, 0) is 137 Å². The Balaban J connectivity index is 1.00. The van der Waals surface area contributed by atoms with Crippen LogP contribution in [0, 0.1) is 0 Å². The summed E-state index contributed by atoms with van der Waals surface area (Å²) in [6.45, 7) is 4.22. The molecule has 10 rings (SSSR count). The van der Waals surface area contributed by atoms with Crippen molar-refractivity contribution in [3.8, 4) is 27.9 Å². The molecule has 0 N–H and O–H groups in total. The van der Waals surface area contributed by atoms with Gasteiger partial charge < -0.3 is 9.47 Å². The molecule has 0 saturated heterocycles. The Kier molecular flexibility index (Phi) is 9.44. The normalized spacial score (nSPS) is 12.7. The molecule has 0 amide bonds. The molecule has 0 radical (unpaired) electrons. The molecule has 1 aromatic heterocycles. The Labute approximate surface area is 346 Å². The van der Waals surface area contributed by atoms with E-state index in [1.54, 1.807) is 0 Å². The van der Waals surface area contributed by atoms with Gasteiger partial charge in [0, 0.05) is 39.1 Å². The highest BCUT2D eigenvalue weighted by atomic mass is 15.1. The van der Waals surface area contributed by atoms with E-state index in [0.29, 0.717) is 0 Å². The van der Waals surface area contributed by atoms with Crippen LogP contribution in [0.15, 0.2) is 206 Å². The van der Waals surface area contributed by atoms with E-state index in [0.717, 1.165) is 29.2 Å². The molecular formula is C57H44N2. The summed E-state index contributed by atoms with van der Waals surface area (Å²) in [5.74, 6) is 0. The van der Waals surface area contributed by atoms with E-state index in [4.69, 9.17) is 0 Å². The van der Waals surface area contributed by atoms with E-state index in [-0.39, 0.29) is 0 Å². The first-order chi connectivity index (χ1) is 29.2. The van der Waals surface area contributed by atoms with Gasteiger partial charge in [0.1, 0.15) is 0 Å². The minimum atomic E-state index is 0.919. The van der Waals surface area contributed by atoms with Crippen molar-refractivity contribution in [1.82, 2.24) is 4.57 Å². The van der Waals surface area contributed by atoms with E-state index in [9.17, 15) is 0 Å². The van der Waals surface area contributed by atoms with Gasteiger partial charge in [0.25, 0.3) is 0 Å². The molecule has 8 aromatic carbocycles. The second-order valence-corrected chi connectivity index (χ2v) is 15.2. The maximum atomic E-state index is 2.46. The van der Waals surface area contributed by atoms with E-state index in [1.165, 1.54) is 77.1 Å². The maximum absolute atomic E-state index is 2.46. The predicted molar refractivity (Wildman–Crippen MR) is 255 cm³/mol. The average molecular weight is 757 g/mol. The van der Waals surface area contributed by atoms with Crippen LogP contribution in [-0.2, 0) is 0 Å². The van der Waals surface area contributed by atoms with Crippen LogP contribution in [0.1, 0.15) is 37.1 Å². The average Bonchev–Trinajstić information content (AvgIpc) is 3.41. The fraction of sp³-hybridized carbons (Fsp3) is 0.0526. The van der Waals surface area contributed by atoms with Crippen molar-refractivity contribution in [1.29, 1.82) is 0 Å². The first-order valence-electron chi connectivity index (χ1n) is 20.6. The quantitative estimate of drug-likeness (QED) is 0.140. The van der Waals surface area contributed by atoms with Crippen molar-refractivity contribution in [2.45, 2.75) is 20.3 Å². The summed E-state index contributed by atoms with van der Waals surface area (Å²) >= 11 is 0. The maximum Gasteiger partial charge on any atom is 0.0619 e. The molecule has 282 valence electrons. The minimum absolute atomic E-state index is 0.919. The molecule has 0 bridgehead atoms. The number of benzene rings is 8. The molecule has 1 aliphatic carbocycles. The van der Waals surface area contributed by atoms with Gasteiger partial charge in [-0.25, -0.2) is 0 Å². The monoisotopic (exact) mass is 756 g/mol. The molecule has 0 saturated carbocycles.